The first-order chi connectivity index (χ1) is 10.7. The number of aromatic nitrogens is 1. The van der Waals surface area contributed by atoms with Crippen molar-refractivity contribution >= 4 is 22.5 Å². The Morgan fingerprint density at radius 1 is 1.23 bits per heavy atom. The summed E-state index contributed by atoms with van der Waals surface area (Å²) < 4.78 is 5.28. The fraction of sp³-hybridized carbons (Fsp3) is 0.176. The average Bonchev–Trinajstić information content (AvgIpc) is 3.00. The predicted octanol–water partition coefficient (Wildman–Crippen LogP) is 2.90. The van der Waals surface area contributed by atoms with Gasteiger partial charge in [-0.25, -0.2) is 0 Å². The van der Waals surface area contributed by atoms with E-state index in [4.69, 9.17) is 4.42 Å². The van der Waals surface area contributed by atoms with Crippen LogP contribution >= 0.6 is 0 Å². The van der Waals surface area contributed by atoms with Crippen LogP contribution in [0.5, 0.6) is 0 Å². The van der Waals surface area contributed by atoms with E-state index in [1.165, 1.54) is 0 Å². The molecule has 0 saturated carbocycles. The Morgan fingerprint density at radius 3 is 2.95 bits per heavy atom. The lowest BCUT2D eigenvalue weighted by molar-refractivity contribution is -0.117. The number of amides is 1. The van der Waals surface area contributed by atoms with Gasteiger partial charge in [-0.15, -0.1) is 0 Å². The summed E-state index contributed by atoms with van der Waals surface area (Å²) in [6, 6.07) is 13.2. The maximum Gasteiger partial charge on any atom is 0.238 e. The van der Waals surface area contributed by atoms with E-state index in [0.717, 1.165) is 22.4 Å². The van der Waals surface area contributed by atoms with Crippen molar-refractivity contribution in [3.05, 3.63) is 60.7 Å². The van der Waals surface area contributed by atoms with Gasteiger partial charge in [-0.05, 0) is 43.4 Å². The average molecular weight is 295 g/mol. The maximum absolute atomic E-state index is 12.2. The van der Waals surface area contributed by atoms with E-state index < -0.39 is 0 Å². The van der Waals surface area contributed by atoms with Crippen LogP contribution in [0.3, 0.4) is 0 Å². The standard InChI is InChI=1S/C17H17N3O2/c1-20(11-13-5-4-10-22-13)12-17(21)19-16-8-2-7-15-14(16)6-3-9-18-15/h2-10H,11-12H2,1H3,(H,19,21). The number of carbonyl (C=O) groups excluding carboxylic acids is 1. The lowest BCUT2D eigenvalue weighted by Gasteiger charge is -2.15. The third-order valence-electron chi connectivity index (χ3n) is 3.34. The molecule has 1 amide bonds. The van der Waals surface area contributed by atoms with Crippen LogP contribution in [0.2, 0.25) is 0 Å². The second-order valence-corrected chi connectivity index (χ2v) is 5.18. The highest BCUT2D eigenvalue weighted by atomic mass is 16.3. The van der Waals surface area contributed by atoms with Crippen molar-refractivity contribution in [2.75, 3.05) is 18.9 Å². The Morgan fingerprint density at radius 2 is 2.14 bits per heavy atom. The number of benzene rings is 1. The molecule has 1 aromatic carbocycles. The molecule has 3 rings (SSSR count). The predicted molar refractivity (Wildman–Crippen MR) is 85.4 cm³/mol. The molecule has 0 saturated heterocycles. The fourth-order valence-electron chi connectivity index (χ4n) is 2.37. The summed E-state index contributed by atoms with van der Waals surface area (Å²) in [5.74, 6) is 0.773. The number of likely N-dealkylation sites (N-methyl/N-ethyl adjacent to an activating group) is 1. The van der Waals surface area contributed by atoms with E-state index in [9.17, 15) is 4.79 Å². The molecule has 0 aliphatic heterocycles. The SMILES string of the molecule is CN(CC(=O)Nc1cccc2ncccc12)Cc1ccco1. The highest BCUT2D eigenvalue weighted by Gasteiger charge is 2.10. The number of fused-ring (bicyclic) bond motifs is 1. The number of nitrogens with one attached hydrogen (secondary N) is 1. The van der Waals surface area contributed by atoms with Crippen molar-refractivity contribution in [2.24, 2.45) is 0 Å². The first-order valence-electron chi connectivity index (χ1n) is 7.07. The molecule has 112 valence electrons. The second-order valence-electron chi connectivity index (χ2n) is 5.18. The molecular weight excluding hydrogens is 278 g/mol. The molecular formula is C17H17N3O2. The van der Waals surface area contributed by atoms with Gasteiger partial charge in [0.05, 0.1) is 30.6 Å². The van der Waals surface area contributed by atoms with E-state index in [0.29, 0.717) is 6.54 Å². The molecule has 0 unspecified atom stereocenters. The normalized spacial score (nSPS) is 11.0. The monoisotopic (exact) mass is 295 g/mol. The largest absolute Gasteiger partial charge is 0.468 e. The Balaban J connectivity index is 1.65. The van der Waals surface area contributed by atoms with E-state index >= 15 is 0 Å². The molecule has 0 spiro atoms. The minimum atomic E-state index is -0.0644. The number of furan rings is 1. The number of rotatable bonds is 5. The van der Waals surface area contributed by atoms with Crippen molar-refractivity contribution < 1.29 is 9.21 Å². The van der Waals surface area contributed by atoms with Gasteiger partial charge in [0.2, 0.25) is 5.91 Å². The van der Waals surface area contributed by atoms with Crippen LogP contribution in [0.25, 0.3) is 10.9 Å². The first-order valence-corrected chi connectivity index (χ1v) is 7.07. The van der Waals surface area contributed by atoms with Crippen molar-refractivity contribution in [1.82, 2.24) is 9.88 Å². The number of carbonyl (C=O) groups is 1. The number of pyridine rings is 1. The minimum absolute atomic E-state index is 0.0644. The molecule has 2 heterocycles. The summed E-state index contributed by atoms with van der Waals surface area (Å²) >= 11 is 0. The van der Waals surface area contributed by atoms with Crippen LogP contribution in [-0.4, -0.2) is 29.4 Å². The summed E-state index contributed by atoms with van der Waals surface area (Å²) in [6.07, 6.45) is 3.37. The fourth-order valence-corrected chi connectivity index (χ4v) is 2.37. The van der Waals surface area contributed by atoms with Crippen molar-refractivity contribution in [3.8, 4) is 0 Å². The molecule has 1 N–H and O–H groups in total. The van der Waals surface area contributed by atoms with Gasteiger partial charge in [0.25, 0.3) is 0 Å². The first kappa shape index (κ1) is 14.3. The van der Waals surface area contributed by atoms with Crippen LogP contribution in [0.1, 0.15) is 5.76 Å². The maximum atomic E-state index is 12.2. The second kappa shape index (κ2) is 6.41. The van der Waals surface area contributed by atoms with E-state index in [-0.39, 0.29) is 12.5 Å². The van der Waals surface area contributed by atoms with Gasteiger partial charge in [-0.2, -0.15) is 0 Å². The van der Waals surface area contributed by atoms with Crippen LogP contribution in [0.4, 0.5) is 5.69 Å². The van der Waals surface area contributed by atoms with E-state index in [1.54, 1.807) is 12.5 Å². The zero-order chi connectivity index (χ0) is 15.4. The third-order valence-corrected chi connectivity index (χ3v) is 3.34. The molecule has 0 atom stereocenters. The summed E-state index contributed by atoms with van der Waals surface area (Å²) in [7, 11) is 1.88. The van der Waals surface area contributed by atoms with Crippen LogP contribution in [0.15, 0.2) is 59.3 Å². The molecule has 0 fully saturated rings. The molecule has 0 aliphatic carbocycles. The molecule has 2 aromatic heterocycles. The lowest BCUT2D eigenvalue weighted by atomic mass is 10.2. The van der Waals surface area contributed by atoms with E-state index in [1.807, 2.05) is 54.4 Å². The van der Waals surface area contributed by atoms with Gasteiger partial charge >= 0.3 is 0 Å². The van der Waals surface area contributed by atoms with Gasteiger partial charge in [0.1, 0.15) is 5.76 Å². The van der Waals surface area contributed by atoms with Gasteiger partial charge < -0.3 is 9.73 Å². The molecule has 5 heteroatoms. The number of hydrogen-bond acceptors (Lipinski definition) is 4. The number of anilines is 1. The minimum Gasteiger partial charge on any atom is -0.468 e. The highest BCUT2D eigenvalue weighted by Crippen LogP contribution is 2.21. The van der Waals surface area contributed by atoms with Gasteiger partial charge in [-0.1, -0.05) is 6.07 Å². The highest BCUT2D eigenvalue weighted by molar-refractivity contribution is 6.01. The third kappa shape index (κ3) is 3.32. The quantitative estimate of drug-likeness (QED) is 0.786. The molecule has 0 radical (unpaired) electrons. The lowest BCUT2D eigenvalue weighted by Crippen LogP contribution is -2.29. The molecule has 5 nitrogen and oxygen atoms in total. The Bertz CT molecular complexity index is 763. The van der Waals surface area contributed by atoms with Crippen LogP contribution < -0.4 is 5.32 Å². The Kier molecular flexibility index (Phi) is 4.16. The van der Waals surface area contributed by atoms with Gasteiger partial charge in [-0.3, -0.25) is 14.7 Å². The summed E-state index contributed by atoms with van der Waals surface area (Å²) in [6.45, 7) is 0.884. The molecule has 0 aliphatic rings. The van der Waals surface area contributed by atoms with Gasteiger partial charge in [0.15, 0.2) is 0 Å². The van der Waals surface area contributed by atoms with Crippen LogP contribution in [0, 0.1) is 0 Å². The molecule has 22 heavy (non-hydrogen) atoms. The van der Waals surface area contributed by atoms with Crippen LogP contribution in [-0.2, 0) is 11.3 Å². The van der Waals surface area contributed by atoms with Crippen molar-refractivity contribution in [3.63, 3.8) is 0 Å². The Hall–Kier alpha value is -2.66. The summed E-state index contributed by atoms with van der Waals surface area (Å²) in [5.41, 5.74) is 1.64. The van der Waals surface area contributed by atoms with Gasteiger partial charge in [0, 0.05) is 11.6 Å². The molecule has 3 aromatic rings. The van der Waals surface area contributed by atoms with Crippen molar-refractivity contribution in [1.29, 1.82) is 0 Å². The zero-order valence-corrected chi connectivity index (χ0v) is 12.3. The van der Waals surface area contributed by atoms with Crippen molar-refractivity contribution in [2.45, 2.75) is 6.54 Å². The zero-order valence-electron chi connectivity index (χ0n) is 12.3. The summed E-state index contributed by atoms with van der Waals surface area (Å²) in [5, 5.41) is 3.88. The summed E-state index contributed by atoms with van der Waals surface area (Å²) in [4.78, 5) is 18.4. The topological polar surface area (TPSA) is 58.4 Å². The number of nitrogens with zero attached hydrogens (tertiary/aromatic N) is 2. The molecule has 0 bridgehead atoms. The van der Waals surface area contributed by atoms with E-state index in [2.05, 4.69) is 10.3 Å². The smallest absolute Gasteiger partial charge is 0.238 e. The Labute approximate surface area is 128 Å². The number of hydrogen-bond donors (Lipinski definition) is 1.